The molecular weight excluding hydrogens is 276 g/mol. The topological polar surface area (TPSA) is 80.4 Å². The molecule has 20 heavy (non-hydrogen) atoms. The highest BCUT2D eigenvalue weighted by Crippen LogP contribution is 2.45. The van der Waals surface area contributed by atoms with Crippen LogP contribution in [0.4, 0.5) is 0 Å². The number of aromatic nitrogens is 4. The molecule has 0 aliphatic heterocycles. The number of nitrogens with zero attached hydrogens (tertiary/aromatic N) is 4. The standard InChI is InChI=1S/C13H16N4O2S/c1-6-4-8(9(5-6)12(18)19)11-16-17-10(7-2-3-7)14-15-13(17)20-11/h6-9H,2-5H2,1H3,(H,18,19). The Labute approximate surface area is 119 Å². The Morgan fingerprint density at radius 3 is 2.85 bits per heavy atom. The number of carbonyl (C=O) groups is 1. The molecule has 2 aliphatic rings. The molecule has 7 heteroatoms. The molecule has 1 N–H and O–H groups in total. The first-order chi connectivity index (χ1) is 9.63. The highest BCUT2D eigenvalue weighted by atomic mass is 32.1. The number of hydrogen-bond acceptors (Lipinski definition) is 5. The molecule has 3 atom stereocenters. The number of hydrogen-bond donors (Lipinski definition) is 1. The highest BCUT2D eigenvalue weighted by Gasteiger charge is 2.40. The summed E-state index contributed by atoms with van der Waals surface area (Å²) in [4.78, 5) is 12.2. The predicted octanol–water partition coefficient (Wildman–Crippen LogP) is 2.28. The van der Waals surface area contributed by atoms with E-state index < -0.39 is 5.97 Å². The summed E-state index contributed by atoms with van der Waals surface area (Å²) in [6, 6.07) is 0. The lowest BCUT2D eigenvalue weighted by atomic mass is 9.97. The van der Waals surface area contributed by atoms with Gasteiger partial charge >= 0.3 is 5.97 Å². The van der Waals surface area contributed by atoms with Crippen molar-refractivity contribution in [1.29, 1.82) is 0 Å². The SMILES string of the molecule is CC1CC(C(=O)O)C(c2nn3c(C4CC4)nnc3s2)C1. The minimum atomic E-state index is -0.701. The van der Waals surface area contributed by atoms with Gasteiger partial charge < -0.3 is 5.11 Å². The zero-order valence-electron chi connectivity index (χ0n) is 11.2. The fraction of sp³-hybridized carbons (Fsp3) is 0.692. The predicted molar refractivity (Wildman–Crippen MR) is 72.9 cm³/mol. The first-order valence-corrected chi connectivity index (χ1v) is 7.90. The van der Waals surface area contributed by atoms with Crippen molar-refractivity contribution >= 4 is 22.3 Å². The quantitative estimate of drug-likeness (QED) is 0.938. The van der Waals surface area contributed by atoms with Crippen LogP contribution in [0.5, 0.6) is 0 Å². The Kier molecular flexibility index (Phi) is 2.60. The molecule has 2 fully saturated rings. The molecule has 106 valence electrons. The van der Waals surface area contributed by atoms with Gasteiger partial charge in [0.2, 0.25) is 4.96 Å². The summed E-state index contributed by atoms with van der Waals surface area (Å²) in [6.07, 6.45) is 3.97. The van der Waals surface area contributed by atoms with Gasteiger partial charge in [0.25, 0.3) is 0 Å². The number of carboxylic acid groups (broad SMARTS) is 1. The van der Waals surface area contributed by atoms with Crippen molar-refractivity contribution in [2.45, 2.75) is 44.4 Å². The summed E-state index contributed by atoms with van der Waals surface area (Å²) in [7, 11) is 0. The van der Waals surface area contributed by atoms with Crippen molar-refractivity contribution in [2.75, 3.05) is 0 Å². The van der Waals surface area contributed by atoms with E-state index >= 15 is 0 Å². The van der Waals surface area contributed by atoms with Crippen molar-refractivity contribution in [1.82, 2.24) is 19.8 Å². The maximum Gasteiger partial charge on any atom is 0.307 e. The van der Waals surface area contributed by atoms with Crippen LogP contribution in [-0.2, 0) is 4.79 Å². The molecule has 0 aromatic carbocycles. The summed E-state index contributed by atoms with van der Waals surface area (Å²) in [5.74, 6) is 0.906. The Morgan fingerprint density at radius 2 is 2.15 bits per heavy atom. The van der Waals surface area contributed by atoms with Gasteiger partial charge in [0.15, 0.2) is 5.82 Å². The maximum absolute atomic E-state index is 11.4. The maximum atomic E-state index is 11.4. The lowest BCUT2D eigenvalue weighted by Crippen LogP contribution is -2.17. The first kappa shape index (κ1) is 12.3. The minimum Gasteiger partial charge on any atom is -0.481 e. The normalized spacial score (nSPS) is 30.1. The van der Waals surface area contributed by atoms with Gasteiger partial charge in [0, 0.05) is 11.8 Å². The lowest BCUT2D eigenvalue weighted by Gasteiger charge is -2.11. The second-order valence-electron chi connectivity index (χ2n) is 6.09. The molecule has 6 nitrogen and oxygen atoms in total. The van der Waals surface area contributed by atoms with E-state index in [0.29, 0.717) is 11.8 Å². The van der Waals surface area contributed by atoms with Crippen LogP contribution in [0.1, 0.15) is 55.3 Å². The largest absolute Gasteiger partial charge is 0.481 e. The van der Waals surface area contributed by atoms with Crippen LogP contribution in [0, 0.1) is 11.8 Å². The Bertz CT molecular complexity index is 675. The van der Waals surface area contributed by atoms with Crippen LogP contribution < -0.4 is 0 Å². The number of rotatable bonds is 3. The minimum absolute atomic E-state index is 0.0289. The highest BCUT2D eigenvalue weighted by molar-refractivity contribution is 7.16. The van der Waals surface area contributed by atoms with Gasteiger partial charge in [-0.05, 0) is 31.6 Å². The van der Waals surface area contributed by atoms with Gasteiger partial charge in [-0.15, -0.1) is 10.2 Å². The second kappa shape index (κ2) is 4.25. The molecule has 2 aromatic rings. The summed E-state index contributed by atoms with van der Waals surface area (Å²) in [6.45, 7) is 2.12. The van der Waals surface area contributed by atoms with Gasteiger partial charge in [-0.2, -0.15) is 9.61 Å². The molecule has 2 saturated carbocycles. The third-order valence-electron chi connectivity index (χ3n) is 4.41. The van der Waals surface area contributed by atoms with Gasteiger partial charge in [0.05, 0.1) is 5.92 Å². The number of fused-ring (bicyclic) bond motifs is 1. The molecule has 0 spiro atoms. The second-order valence-corrected chi connectivity index (χ2v) is 7.08. The third kappa shape index (κ3) is 1.83. The van der Waals surface area contributed by atoms with Gasteiger partial charge in [-0.25, -0.2) is 0 Å². The van der Waals surface area contributed by atoms with E-state index in [1.807, 2.05) is 4.52 Å². The average Bonchev–Trinajstić information content (AvgIpc) is 2.85. The van der Waals surface area contributed by atoms with Crippen molar-refractivity contribution in [3.05, 3.63) is 10.8 Å². The fourth-order valence-corrected chi connectivity index (χ4v) is 4.25. The van der Waals surface area contributed by atoms with Crippen molar-refractivity contribution in [3.63, 3.8) is 0 Å². The summed E-state index contributed by atoms with van der Waals surface area (Å²) in [5.41, 5.74) is 0. The summed E-state index contributed by atoms with van der Waals surface area (Å²) in [5, 5.41) is 23.3. The van der Waals surface area contributed by atoms with Gasteiger partial charge in [0.1, 0.15) is 5.01 Å². The molecule has 2 aliphatic carbocycles. The first-order valence-electron chi connectivity index (χ1n) is 7.08. The van der Waals surface area contributed by atoms with Gasteiger partial charge in [-0.3, -0.25) is 4.79 Å². The Balaban J connectivity index is 1.72. The molecule has 0 amide bonds. The molecule has 0 saturated heterocycles. The van der Waals surface area contributed by atoms with E-state index in [9.17, 15) is 9.90 Å². The zero-order chi connectivity index (χ0) is 13.9. The molecule has 0 radical (unpaired) electrons. The van der Waals surface area contributed by atoms with E-state index in [2.05, 4.69) is 22.2 Å². The third-order valence-corrected chi connectivity index (χ3v) is 5.44. The molecular formula is C13H16N4O2S. The Hall–Kier alpha value is -1.50. The Morgan fingerprint density at radius 1 is 1.35 bits per heavy atom. The summed E-state index contributed by atoms with van der Waals surface area (Å²) >= 11 is 1.50. The van der Waals surface area contributed by atoms with Crippen molar-refractivity contribution < 1.29 is 9.90 Å². The van der Waals surface area contributed by atoms with Crippen LogP contribution in [-0.4, -0.2) is 30.9 Å². The lowest BCUT2D eigenvalue weighted by molar-refractivity contribution is -0.142. The molecule has 0 bridgehead atoms. The van der Waals surface area contributed by atoms with Crippen LogP contribution in [0.25, 0.3) is 4.96 Å². The van der Waals surface area contributed by atoms with Crippen LogP contribution in [0.15, 0.2) is 0 Å². The van der Waals surface area contributed by atoms with Crippen molar-refractivity contribution in [3.8, 4) is 0 Å². The fourth-order valence-electron chi connectivity index (χ4n) is 3.23. The smallest absolute Gasteiger partial charge is 0.307 e. The van der Waals surface area contributed by atoms with E-state index in [1.165, 1.54) is 11.3 Å². The van der Waals surface area contributed by atoms with E-state index in [0.717, 1.165) is 41.5 Å². The monoisotopic (exact) mass is 292 g/mol. The average molecular weight is 292 g/mol. The molecule has 2 heterocycles. The molecule has 2 aromatic heterocycles. The van der Waals surface area contributed by atoms with Crippen LogP contribution in [0.3, 0.4) is 0 Å². The molecule has 4 rings (SSSR count). The number of aliphatic carboxylic acids is 1. The molecule has 3 unspecified atom stereocenters. The van der Waals surface area contributed by atoms with E-state index in [4.69, 9.17) is 0 Å². The summed E-state index contributed by atoms with van der Waals surface area (Å²) < 4.78 is 1.83. The van der Waals surface area contributed by atoms with E-state index in [1.54, 1.807) is 0 Å². The van der Waals surface area contributed by atoms with Crippen LogP contribution in [0.2, 0.25) is 0 Å². The number of carboxylic acids is 1. The van der Waals surface area contributed by atoms with E-state index in [-0.39, 0.29) is 11.8 Å². The van der Waals surface area contributed by atoms with Gasteiger partial charge in [-0.1, -0.05) is 18.3 Å². The zero-order valence-corrected chi connectivity index (χ0v) is 12.0. The van der Waals surface area contributed by atoms with Crippen LogP contribution >= 0.6 is 11.3 Å². The van der Waals surface area contributed by atoms with Crippen molar-refractivity contribution in [2.24, 2.45) is 11.8 Å².